The fourth-order valence-corrected chi connectivity index (χ4v) is 2.99. The van der Waals surface area contributed by atoms with Crippen molar-refractivity contribution in [3.05, 3.63) is 85.1 Å². The molecule has 0 spiro atoms. The van der Waals surface area contributed by atoms with Gasteiger partial charge in [-0.2, -0.15) is 0 Å². The number of nitrogens with zero attached hydrogens (tertiary/aromatic N) is 1. The van der Waals surface area contributed by atoms with Crippen LogP contribution in [0.5, 0.6) is 0 Å². The van der Waals surface area contributed by atoms with E-state index in [1.807, 2.05) is 39.0 Å². The molecule has 0 amide bonds. The minimum Gasteiger partial charge on any atom is -0.447 e. The van der Waals surface area contributed by atoms with E-state index in [1.165, 1.54) is 12.0 Å². The monoisotopic (exact) mass is 379 g/mol. The molecule has 0 bridgehead atoms. The molecule has 0 aliphatic carbocycles. The standard InChI is InChI=1S/C22H25N3O3/c1-22(2,3)19-17(23-14-28-19)13-18-21(27)24-16(20(26)25-18)12-8-7-11-15-9-5-4-6-10-15/h4-6,9-10,12-14H,7-8,11H2,1-3H3,(H,24,27)(H,25,26). The first-order valence-electron chi connectivity index (χ1n) is 9.37. The molecule has 3 aromatic rings. The minimum atomic E-state index is -0.364. The number of nitrogens with one attached hydrogen (secondary N) is 2. The molecule has 0 aliphatic rings. The lowest BCUT2D eigenvalue weighted by atomic mass is 9.92. The lowest BCUT2D eigenvalue weighted by Gasteiger charge is -2.14. The molecule has 2 heterocycles. The van der Waals surface area contributed by atoms with Crippen molar-refractivity contribution in [2.24, 2.45) is 0 Å². The highest BCUT2D eigenvalue weighted by Crippen LogP contribution is 2.25. The summed E-state index contributed by atoms with van der Waals surface area (Å²) in [7, 11) is 0. The fraction of sp³-hybridized carbons (Fsp3) is 0.318. The average molecular weight is 379 g/mol. The molecular formula is C22H25N3O3. The average Bonchev–Trinajstić information content (AvgIpc) is 3.12. The van der Waals surface area contributed by atoms with Gasteiger partial charge in [-0.05, 0) is 30.9 Å². The number of aryl methyl sites for hydroxylation is 1. The van der Waals surface area contributed by atoms with Crippen molar-refractivity contribution >= 4 is 12.2 Å². The summed E-state index contributed by atoms with van der Waals surface area (Å²) in [5.74, 6) is 0.657. The van der Waals surface area contributed by atoms with E-state index < -0.39 is 0 Å². The van der Waals surface area contributed by atoms with Crippen LogP contribution in [0.1, 0.15) is 50.6 Å². The molecule has 28 heavy (non-hydrogen) atoms. The maximum Gasteiger partial charge on any atom is 0.272 e. The molecule has 6 nitrogen and oxygen atoms in total. The Morgan fingerprint density at radius 3 is 2.43 bits per heavy atom. The summed E-state index contributed by atoms with van der Waals surface area (Å²) < 4.78 is 5.44. The van der Waals surface area contributed by atoms with E-state index in [0.29, 0.717) is 17.9 Å². The Morgan fingerprint density at radius 1 is 1.04 bits per heavy atom. The maximum absolute atomic E-state index is 12.4. The van der Waals surface area contributed by atoms with Crippen molar-refractivity contribution in [2.45, 2.75) is 45.4 Å². The molecule has 2 N–H and O–H groups in total. The molecule has 3 rings (SSSR count). The van der Waals surface area contributed by atoms with Gasteiger partial charge in [0.2, 0.25) is 0 Å². The van der Waals surface area contributed by atoms with Crippen molar-refractivity contribution < 1.29 is 4.42 Å². The Morgan fingerprint density at radius 2 is 1.71 bits per heavy atom. The van der Waals surface area contributed by atoms with E-state index in [0.717, 1.165) is 12.8 Å². The van der Waals surface area contributed by atoms with Gasteiger partial charge in [-0.3, -0.25) is 9.59 Å². The number of rotatable bonds is 5. The van der Waals surface area contributed by atoms with Crippen LogP contribution in [0, 0.1) is 0 Å². The zero-order chi connectivity index (χ0) is 20.1. The molecule has 0 unspecified atom stereocenters. The highest BCUT2D eigenvalue weighted by Gasteiger charge is 2.21. The molecular weight excluding hydrogens is 354 g/mol. The SMILES string of the molecule is CC(C)(C)c1ocnc1C=c1[nH]c(=O)c(=CCCCc2ccccc2)[nH]c1=O. The van der Waals surface area contributed by atoms with Gasteiger partial charge in [0.1, 0.15) is 22.2 Å². The molecule has 0 atom stereocenters. The van der Waals surface area contributed by atoms with E-state index in [4.69, 9.17) is 4.42 Å². The molecule has 0 radical (unpaired) electrons. The van der Waals surface area contributed by atoms with Gasteiger partial charge in [0, 0.05) is 5.41 Å². The lowest BCUT2D eigenvalue weighted by Crippen LogP contribution is -2.46. The van der Waals surface area contributed by atoms with Crippen LogP contribution in [0.2, 0.25) is 0 Å². The van der Waals surface area contributed by atoms with Crippen LogP contribution in [0.4, 0.5) is 0 Å². The summed E-state index contributed by atoms with van der Waals surface area (Å²) >= 11 is 0. The fourth-order valence-electron chi connectivity index (χ4n) is 2.99. The Labute approximate surface area is 162 Å². The number of aromatic amines is 2. The summed E-state index contributed by atoms with van der Waals surface area (Å²) in [5.41, 5.74) is 0.837. The first-order valence-corrected chi connectivity index (χ1v) is 9.37. The van der Waals surface area contributed by atoms with Crippen LogP contribution < -0.4 is 21.8 Å². The first-order chi connectivity index (χ1) is 13.3. The molecule has 0 fully saturated rings. The van der Waals surface area contributed by atoms with E-state index >= 15 is 0 Å². The van der Waals surface area contributed by atoms with Gasteiger partial charge in [0.05, 0.1) is 0 Å². The largest absolute Gasteiger partial charge is 0.447 e. The second-order valence-electron chi connectivity index (χ2n) is 7.78. The predicted octanol–water partition coefficient (Wildman–Crippen LogP) is 1.98. The third-order valence-electron chi connectivity index (χ3n) is 4.40. The van der Waals surface area contributed by atoms with Gasteiger partial charge < -0.3 is 14.4 Å². The van der Waals surface area contributed by atoms with Crippen LogP contribution in [-0.2, 0) is 11.8 Å². The molecule has 1 aromatic carbocycles. The minimum absolute atomic E-state index is 0.158. The van der Waals surface area contributed by atoms with Crippen LogP contribution in [0.15, 0.2) is 50.7 Å². The Balaban J connectivity index is 1.83. The second kappa shape index (κ2) is 8.25. The number of unbranched alkanes of at least 4 members (excludes halogenated alkanes) is 1. The summed E-state index contributed by atoms with van der Waals surface area (Å²) in [6.45, 7) is 5.97. The van der Waals surface area contributed by atoms with E-state index in [9.17, 15) is 9.59 Å². The van der Waals surface area contributed by atoms with Gasteiger partial charge in [-0.25, -0.2) is 4.98 Å². The quantitative estimate of drug-likeness (QED) is 0.663. The zero-order valence-electron chi connectivity index (χ0n) is 16.4. The number of hydrogen-bond donors (Lipinski definition) is 2. The van der Waals surface area contributed by atoms with Crippen LogP contribution >= 0.6 is 0 Å². The van der Waals surface area contributed by atoms with E-state index in [-0.39, 0.29) is 27.2 Å². The topological polar surface area (TPSA) is 91.8 Å². The molecule has 0 saturated carbocycles. The second-order valence-corrected chi connectivity index (χ2v) is 7.78. The zero-order valence-corrected chi connectivity index (χ0v) is 16.4. The Hall–Kier alpha value is -3.15. The van der Waals surface area contributed by atoms with Gasteiger partial charge in [-0.15, -0.1) is 0 Å². The normalized spacial score (nSPS) is 13.2. The molecule has 6 heteroatoms. The molecule has 0 aliphatic heterocycles. The van der Waals surface area contributed by atoms with Gasteiger partial charge in [0.25, 0.3) is 11.1 Å². The Bertz CT molecular complexity index is 1160. The van der Waals surface area contributed by atoms with Crippen molar-refractivity contribution in [3.63, 3.8) is 0 Å². The maximum atomic E-state index is 12.4. The van der Waals surface area contributed by atoms with Crippen LogP contribution in [0.25, 0.3) is 12.2 Å². The number of oxazole rings is 1. The summed E-state index contributed by atoms with van der Waals surface area (Å²) in [6, 6.07) is 10.2. The number of aromatic nitrogens is 3. The Kier molecular flexibility index (Phi) is 5.78. The van der Waals surface area contributed by atoms with Crippen molar-refractivity contribution in [1.82, 2.24) is 15.0 Å². The van der Waals surface area contributed by atoms with E-state index in [1.54, 1.807) is 12.2 Å². The van der Waals surface area contributed by atoms with Crippen LogP contribution in [-0.4, -0.2) is 15.0 Å². The third kappa shape index (κ3) is 4.76. The predicted molar refractivity (Wildman–Crippen MR) is 110 cm³/mol. The number of hydrogen-bond acceptors (Lipinski definition) is 4. The van der Waals surface area contributed by atoms with Gasteiger partial charge in [-0.1, -0.05) is 57.2 Å². The summed E-state index contributed by atoms with van der Waals surface area (Å²) in [5, 5.41) is 0.442. The lowest BCUT2D eigenvalue weighted by molar-refractivity contribution is 0.407. The van der Waals surface area contributed by atoms with Gasteiger partial charge >= 0.3 is 0 Å². The highest BCUT2D eigenvalue weighted by atomic mass is 16.3. The van der Waals surface area contributed by atoms with Crippen LogP contribution in [0.3, 0.4) is 0 Å². The first kappa shape index (κ1) is 19.6. The van der Waals surface area contributed by atoms with E-state index in [2.05, 4.69) is 27.1 Å². The van der Waals surface area contributed by atoms with Crippen molar-refractivity contribution in [1.29, 1.82) is 0 Å². The highest BCUT2D eigenvalue weighted by molar-refractivity contribution is 5.46. The molecule has 2 aromatic heterocycles. The molecule has 0 saturated heterocycles. The summed E-state index contributed by atoms with van der Waals surface area (Å²) in [6.07, 6.45) is 7.18. The summed E-state index contributed by atoms with van der Waals surface area (Å²) in [4.78, 5) is 34.2. The third-order valence-corrected chi connectivity index (χ3v) is 4.40. The smallest absolute Gasteiger partial charge is 0.272 e. The molecule has 146 valence electrons. The van der Waals surface area contributed by atoms with Crippen molar-refractivity contribution in [3.8, 4) is 0 Å². The number of H-pyrrole nitrogens is 2. The van der Waals surface area contributed by atoms with Gasteiger partial charge in [0.15, 0.2) is 6.39 Å². The van der Waals surface area contributed by atoms with Crippen molar-refractivity contribution in [2.75, 3.05) is 0 Å². The number of benzene rings is 1.